The Morgan fingerprint density at radius 2 is 1.95 bits per heavy atom. The summed E-state index contributed by atoms with van der Waals surface area (Å²) in [7, 11) is 1.83. The number of aromatic amines is 1. The lowest BCUT2D eigenvalue weighted by Gasteiger charge is -2.32. The lowest BCUT2D eigenvalue weighted by molar-refractivity contribution is -0.134. The summed E-state index contributed by atoms with van der Waals surface area (Å²) in [6.45, 7) is 1.11. The van der Waals surface area contributed by atoms with Gasteiger partial charge in [0.2, 0.25) is 11.8 Å². The van der Waals surface area contributed by atoms with Crippen LogP contribution >= 0.6 is 0 Å². The van der Waals surface area contributed by atoms with Crippen molar-refractivity contribution in [2.24, 2.45) is 7.05 Å². The molecule has 38 heavy (non-hydrogen) atoms. The van der Waals surface area contributed by atoms with Crippen LogP contribution in [0.3, 0.4) is 0 Å². The molecule has 6 rings (SSSR count). The first-order valence-corrected chi connectivity index (χ1v) is 12.7. The number of nitrogens with zero attached hydrogens (tertiary/aromatic N) is 5. The van der Waals surface area contributed by atoms with Crippen LogP contribution in [0.4, 0.5) is 0 Å². The van der Waals surface area contributed by atoms with Crippen LogP contribution in [0.1, 0.15) is 47.8 Å². The molecule has 11 nitrogen and oxygen atoms in total. The maximum absolute atomic E-state index is 13.3. The van der Waals surface area contributed by atoms with Gasteiger partial charge in [-0.2, -0.15) is 5.10 Å². The minimum absolute atomic E-state index is 0.0711. The molecule has 194 valence electrons. The van der Waals surface area contributed by atoms with Crippen LogP contribution in [-0.2, 0) is 16.6 Å². The van der Waals surface area contributed by atoms with E-state index in [1.165, 1.54) is 6.33 Å². The Hall–Kier alpha value is -4.54. The van der Waals surface area contributed by atoms with Gasteiger partial charge in [0.25, 0.3) is 5.91 Å². The Bertz CT molecular complexity index is 1520. The Kier molecular flexibility index (Phi) is 6.10. The minimum atomic E-state index is -0.472. The first-order valence-electron chi connectivity index (χ1n) is 12.7. The fraction of sp³-hybridized carbons (Fsp3) is 0.333. The molecule has 11 heteroatoms. The van der Waals surface area contributed by atoms with Crippen LogP contribution in [-0.4, -0.2) is 66.5 Å². The number of hydrogen-bond donors (Lipinski definition) is 2. The standard InChI is InChI=1S/C27H27N7O4/c1-33-25-18(23(32-33)19-7-8-21(35)31-26(19)36)5-2-6-20(25)38-17-9-12-34(13-10-17)27(37)24-22(29-15-30-24)16-4-3-11-28-14-16/h2-6,11,14-15,17,19H,7-10,12-13H2,1H3,(H,29,30)(H,31,35,36). The average Bonchev–Trinajstić information content (AvgIpc) is 3.55. The summed E-state index contributed by atoms with van der Waals surface area (Å²) in [6.07, 6.45) is 6.92. The van der Waals surface area contributed by atoms with Crippen molar-refractivity contribution in [2.45, 2.75) is 37.7 Å². The second-order valence-electron chi connectivity index (χ2n) is 9.64. The number of likely N-dealkylation sites (tertiary alicyclic amines) is 1. The van der Waals surface area contributed by atoms with E-state index in [1.54, 1.807) is 17.1 Å². The molecule has 3 aromatic heterocycles. The number of hydrogen-bond acceptors (Lipinski definition) is 7. The molecule has 0 radical (unpaired) electrons. The average molecular weight is 514 g/mol. The van der Waals surface area contributed by atoms with Crippen LogP contribution in [0, 0.1) is 0 Å². The number of aromatic nitrogens is 5. The second kappa shape index (κ2) is 9.73. The third-order valence-corrected chi connectivity index (χ3v) is 7.24. The molecule has 4 aromatic rings. The number of carbonyl (C=O) groups excluding carboxylic acids is 3. The maximum atomic E-state index is 13.3. The molecular weight excluding hydrogens is 486 g/mol. The van der Waals surface area contributed by atoms with Gasteiger partial charge in [0.15, 0.2) is 0 Å². The molecule has 0 saturated carbocycles. The number of pyridine rings is 1. The molecule has 2 fully saturated rings. The summed E-state index contributed by atoms with van der Waals surface area (Å²) < 4.78 is 8.16. The molecule has 2 aliphatic rings. The molecule has 0 spiro atoms. The van der Waals surface area contributed by atoms with Crippen LogP contribution in [0.2, 0.25) is 0 Å². The number of fused-ring (bicyclic) bond motifs is 1. The van der Waals surface area contributed by atoms with Crippen LogP contribution < -0.4 is 10.1 Å². The van der Waals surface area contributed by atoms with E-state index in [0.29, 0.717) is 61.6 Å². The number of rotatable bonds is 5. The number of piperidine rings is 2. The van der Waals surface area contributed by atoms with E-state index >= 15 is 0 Å². The third kappa shape index (κ3) is 4.29. The van der Waals surface area contributed by atoms with Crippen molar-refractivity contribution in [3.05, 3.63) is 60.4 Å². The number of aryl methyl sites for hydroxylation is 1. The predicted octanol–water partition coefficient (Wildman–Crippen LogP) is 2.56. The van der Waals surface area contributed by atoms with Crippen LogP contribution in [0.25, 0.3) is 22.2 Å². The van der Waals surface area contributed by atoms with Gasteiger partial charge in [0.1, 0.15) is 28.8 Å². The lowest BCUT2D eigenvalue weighted by Crippen LogP contribution is -2.42. The van der Waals surface area contributed by atoms with Gasteiger partial charge in [-0.15, -0.1) is 0 Å². The number of imide groups is 1. The van der Waals surface area contributed by atoms with Gasteiger partial charge in [0.05, 0.1) is 17.9 Å². The Morgan fingerprint density at radius 1 is 1.11 bits per heavy atom. The molecule has 2 saturated heterocycles. The number of carbonyl (C=O) groups is 3. The highest BCUT2D eigenvalue weighted by atomic mass is 16.5. The van der Waals surface area contributed by atoms with Crippen molar-refractivity contribution in [3.63, 3.8) is 0 Å². The summed E-state index contributed by atoms with van der Waals surface area (Å²) in [4.78, 5) is 50.6. The highest BCUT2D eigenvalue weighted by Crippen LogP contribution is 2.35. The first kappa shape index (κ1) is 23.8. The van der Waals surface area contributed by atoms with Crippen LogP contribution in [0.5, 0.6) is 5.75 Å². The predicted molar refractivity (Wildman–Crippen MR) is 137 cm³/mol. The molecule has 1 atom stereocenters. The Balaban J connectivity index is 1.16. The highest BCUT2D eigenvalue weighted by molar-refractivity contribution is 6.03. The number of para-hydroxylation sites is 1. The minimum Gasteiger partial charge on any atom is -0.488 e. The Labute approximate surface area is 218 Å². The topological polar surface area (TPSA) is 135 Å². The van der Waals surface area contributed by atoms with E-state index in [-0.39, 0.29) is 23.8 Å². The summed E-state index contributed by atoms with van der Waals surface area (Å²) in [5, 5.41) is 7.90. The third-order valence-electron chi connectivity index (χ3n) is 7.24. The number of benzene rings is 1. The van der Waals surface area contributed by atoms with E-state index in [9.17, 15) is 14.4 Å². The molecule has 1 unspecified atom stereocenters. The van der Waals surface area contributed by atoms with E-state index in [0.717, 1.165) is 16.5 Å². The summed E-state index contributed by atoms with van der Waals surface area (Å²) in [5.74, 6) is -0.440. The fourth-order valence-corrected chi connectivity index (χ4v) is 5.33. The largest absolute Gasteiger partial charge is 0.488 e. The first-order chi connectivity index (χ1) is 18.5. The van der Waals surface area contributed by atoms with Gasteiger partial charge in [-0.1, -0.05) is 12.1 Å². The number of amides is 3. The number of nitrogens with one attached hydrogen (secondary N) is 2. The van der Waals surface area contributed by atoms with Gasteiger partial charge in [-0.05, 0) is 24.6 Å². The molecule has 2 N–H and O–H groups in total. The van der Waals surface area contributed by atoms with Gasteiger partial charge in [0, 0.05) is 62.7 Å². The van der Waals surface area contributed by atoms with Gasteiger partial charge < -0.3 is 14.6 Å². The van der Waals surface area contributed by atoms with E-state index in [1.807, 2.05) is 42.3 Å². The van der Waals surface area contributed by atoms with E-state index < -0.39 is 5.92 Å². The normalized spacial score (nSPS) is 18.6. The van der Waals surface area contributed by atoms with Crippen molar-refractivity contribution in [3.8, 4) is 17.0 Å². The second-order valence-corrected chi connectivity index (χ2v) is 9.64. The van der Waals surface area contributed by atoms with Crippen molar-refractivity contribution >= 4 is 28.6 Å². The smallest absolute Gasteiger partial charge is 0.272 e. The van der Waals surface area contributed by atoms with Crippen molar-refractivity contribution in [2.75, 3.05) is 13.1 Å². The molecule has 1 aromatic carbocycles. The molecule has 0 bridgehead atoms. The molecular formula is C27H27N7O4. The molecule has 5 heterocycles. The summed E-state index contributed by atoms with van der Waals surface area (Å²) >= 11 is 0. The summed E-state index contributed by atoms with van der Waals surface area (Å²) in [5.41, 5.74) is 3.30. The zero-order valence-corrected chi connectivity index (χ0v) is 20.9. The van der Waals surface area contributed by atoms with Gasteiger partial charge >= 0.3 is 0 Å². The molecule has 2 aliphatic heterocycles. The van der Waals surface area contributed by atoms with Crippen LogP contribution in [0.15, 0.2) is 49.1 Å². The highest BCUT2D eigenvalue weighted by Gasteiger charge is 2.33. The van der Waals surface area contributed by atoms with Gasteiger partial charge in [-0.25, -0.2) is 4.98 Å². The van der Waals surface area contributed by atoms with Crippen molar-refractivity contribution in [1.29, 1.82) is 0 Å². The quantitative estimate of drug-likeness (QED) is 0.392. The summed E-state index contributed by atoms with van der Waals surface area (Å²) in [6, 6.07) is 9.42. The van der Waals surface area contributed by atoms with E-state index in [4.69, 9.17) is 4.74 Å². The number of H-pyrrole nitrogens is 1. The molecule has 3 amide bonds. The van der Waals surface area contributed by atoms with E-state index in [2.05, 4.69) is 25.4 Å². The van der Waals surface area contributed by atoms with Crippen molar-refractivity contribution in [1.82, 2.24) is 34.9 Å². The van der Waals surface area contributed by atoms with Gasteiger partial charge in [-0.3, -0.25) is 29.4 Å². The number of imidazole rings is 1. The van der Waals surface area contributed by atoms with Crippen molar-refractivity contribution < 1.29 is 19.1 Å². The maximum Gasteiger partial charge on any atom is 0.272 e. The Morgan fingerprint density at radius 3 is 2.71 bits per heavy atom. The SMILES string of the molecule is Cn1nc(C2CCC(=O)NC2=O)c2cccc(OC3CCN(C(=O)c4[nH]cnc4-c4cccnc4)CC3)c21. The zero-order valence-electron chi connectivity index (χ0n) is 20.9. The monoisotopic (exact) mass is 513 g/mol. The molecule has 0 aliphatic carbocycles. The number of ether oxygens (including phenoxy) is 1. The lowest BCUT2D eigenvalue weighted by atomic mass is 9.93. The fourth-order valence-electron chi connectivity index (χ4n) is 5.33. The zero-order chi connectivity index (χ0) is 26.2.